The van der Waals surface area contributed by atoms with Gasteiger partial charge in [-0.2, -0.15) is 0 Å². The fraction of sp³-hybridized carbons (Fsp3) is 0.750. The van der Waals surface area contributed by atoms with E-state index in [4.69, 9.17) is 0 Å². The Hall–Kier alpha value is -0.630. The van der Waals surface area contributed by atoms with Crippen LogP contribution in [-0.2, 0) is 4.79 Å². The SMILES string of the molecule is C=CCCC(=O)C(CC)(CC)N(C)C. The zero-order valence-corrected chi connectivity index (χ0v) is 9.97. The average molecular weight is 197 g/mol. The van der Waals surface area contributed by atoms with Crippen molar-refractivity contribution in [2.45, 2.75) is 45.1 Å². The summed E-state index contributed by atoms with van der Waals surface area (Å²) in [5.41, 5.74) is -0.261. The van der Waals surface area contributed by atoms with Gasteiger partial charge in [-0.1, -0.05) is 19.9 Å². The number of rotatable bonds is 7. The second-order valence-electron chi connectivity index (χ2n) is 3.88. The molecule has 0 fully saturated rings. The van der Waals surface area contributed by atoms with Gasteiger partial charge >= 0.3 is 0 Å². The number of Topliss-reactive ketones (excluding diaryl/α,β-unsaturated/α-hetero) is 1. The Balaban J connectivity index is 4.62. The molecule has 0 saturated heterocycles. The summed E-state index contributed by atoms with van der Waals surface area (Å²) in [5.74, 6) is 0.340. The summed E-state index contributed by atoms with van der Waals surface area (Å²) < 4.78 is 0. The van der Waals surface area contributed by atoms with Crippen molar-refractivity contribution >= 4 is 5.78 Å². The van der Waals surface area contributed by atoms with E-state index >= 15 is 0 Å². The highest BCUT2D eigenvalue weighted by Crippen LogP contribution is 2.24. The third kappa shape index (κ3) is 2.68. The Morgan fingerprint density at radius 2 is 1.86 bits per heavy atom. The Morgan fingerprint density at radius 3 is 2.14 bits per heavy atom. The zero-order valence-electron chi connectivity index (χ0n) is 9.97. The largest absolute Gasteiger partial charge is 0.298 e. The van der Waals surface area contributed by atoms with Gasteiger partial charge in [0.2, 0.25) is 0 Å². The van der Waals surface area contributed by atoms with E-state index in [9.17, 15) is 4.79 Å². The molecule has 0 radical (unpaired) electrons. The lowest BCUT2D eigenvalue weighted by Crippen LogP contribution is -2.50. The van der Waals surface area contributed by atoms with Crippen LogP contribution in [0.25, 0.3) is 0 Å². The van der Waals surface area contributed by atoms with Crippen LogP contribution in [0.5, 0.6) is 0 Å². The van der Waals surface area contributed by atoms with Gasteiger partial charge in [-0.05, 0) is 33.4 Å². The van der Waals surface area contributed by atoms with Gasteiger partial charge in [0.1, 0.15) is 0 Å². The van der Waals surface area contributed by atoms with Gasteiger partial charge in [-0.3, -0.25) is 9.69 Å². The van der Waals surface area contributed by atoms with Gasteiger partial charge < -0.3 is 0 Å². The van der Waals surface area contributed by atoms with Gasteiger partial charge in [0.15, 0.2) is 5.78 Å². The highest BCUT2D eigenvalue weighted by Gasteiger charge is 2.35. The molecule has 0 saturated carbocycles. The van der Waals surface area contributed by atoms with Crippen LogP contribution in [-0.4, -0.2) is 30.3 Å². The van der Waals surface area contributed by atoms with Crippen molar-refractivity contribution in [3.05, 3.63) is 12.7 Å². The summed E-state index contributed by atoms with van der Waals surface area (Å²) >= 11 is 0. The summed E-state index contributed by atoms with van der Waals surface area (Å²) in [4.78, 5) is 14.1. The van der Waals surface area contributed by atoms with Gasteiger partial charge in [-0.25, -0.2) is 0 Å². The first kappa shape index (κ1) is 13.4. The number of carbonyl (C=O) groups excluding carboxylic acids is 1. The lowest BCUT2D eigenvalue weighted by atomic mass is 9.84. The zero-order chi connectivity index (χ0) is 11.2. The van der Waals surface area contributed by atoms with Crippen LogP contribution in [0.2, 0.25) is 0 Å². The lowest BCUT2D eigenvalue weighted by Gasteiger charge is -2.37. The van der Waals surface area contributed by atoms with E-state index in [0.717, 1.165) is 19.3 Å². The molecule has 0 aliphatic rings. The number of nitrogens with zero attached hydrogens (tertiary/aromatic N) is 1. The second kappa shape index (κ2) is 5.97. The molecule has 0 bridgehead atoms. The summed E-state index contributed by atoms with van der Waals surface area (Å²) in [6.45, 7) is 7.80. The Bertz CT molecular complexity index is 192. The molecule has 0 atom stereocenters. The molecule has 0 unspecified atom stereocenters. The van der Waals surface area contributed by atoms with Crippen LogP contribution in [0.15, 0.2) is 12.7 Å². The molecule has 0 aromatic heterocycles. The monoisotopic (exact) mass is 197 g/mol. The molecular formula is C12H23NO. The molecule has 0 spiro atoms. The number of carbonyl (C=O) groups is 1. The molecule has 0 aliphatic carbocycles. The van der Waals surface area contributed by atoms with Gasteiger partial charge in [0.25, 0.3) is 0 Å². The van der Waals surface area contributed by atoms with Gasteiger partial charge in [-0.15, -0.1) is 6.58 Å². The Labute approximate surface area is 88.0 Å². The van der Waals surface area contributed by atoms with Crippen molar-refractivity contribution < 1.29 is 4.79 Å². The number of likely N-dealkylation sites (N-methyl/N-ethyl adjacent to an activating group) is 1. The van der Waals surface area contributed by atoms with E-state index in [1.807, 2.05) is 20.2 Å². The van der Waals surface area contributed by atoms with Gasteiger partial charge in [0.05, 0.1) is 5.54 Å². The smallest absolute Gasteiger partial charge is 0.153 e. The highest BCUT2D eigenvalue weighted by molar-refractivity contribution is 5.88. The quantitative estimate of drug-likeness (QED) is 0.585. The molecular weight excluding hydrogens is 174 g/mol. The maximum absolute atomic E-state index is 12.0. The molecule has 0 rings (SSSR count). The van der Waals surface area contributed by atoms with Crippen LogP contribution in [0.4, 0.5) is 0 Å². The number of hydrogen-bond acceptors (Lipinski definition) is 2. The van der Waals surface area contributed by atoms with E-state index in [1.165, 1.54) is 0 Å². The summed E-state index contributed by atoms with van der Waals surface area (Å²) in [6, 6.07) is 0. The molecule has 82 valence electrons. The Kier molecular flexibility index (Phi) is 5.70. The van der Waals surface area contributed by atoms with Crippen molar-refractivity contribution in [3.63, 3.8) is 0 Å². The minimum Gasteiger partial charge on any atom is -0.298 e. The van der Waals surface area contributed by atoms with Crippen molar-refractivity contribution in [2.24, 2.45) is 0 Å². The average Bonchev–Trinajstić information content (AvgIpc) is 2.17. The summed E-state index contributed by atoms with van der Waals surface area (Å²) in [5, 5.41) is 0. The van der Waals surface area contributed by atoms with E-state index in [0.29, 0.717) is 12.2 Å². The normalized spacial score (nSPS) is 11.8. The fourth-order valence-corrected chi connectivity index (χ4v) is 1.99. The first-order valence-corrected chi connectivity index (χ1v) is 5.36. The summed E-state index contributed by atoms with van der Waals surface area (Å²) in [7, 11) is 3.97. The Morgan fingerprint density at radius 1 is 1.36 bits per heavy atom. The van der Waals surface area contributed by atoms with E-state index in [2.05, 4.69) is 25.3 Å². The third-order valence-electron chi connectivity index (χ3n) is 3.12. The maximum Gasteiger partial charge on any atom is 0.153 e. The number of hydrogen-bond donors (Lipinski definition) is 0. The van der Waals surface area contributed by atoms with Gasteiger partial charge in [0, 0.05) is 6.42 Å². The second-order valence-corrected chi connectivity index (χ2v) is 3.88. The van der Waals surface area contributed by atoms with Crippen LogP contribution < -0.4 is 0 Å². The molecule has 0 amide bonds. The maximum atomic E-state index is 12.0. The molecule has 0 aromatic rings. The third-order valence-corrected chi connectivity index (χ3v) is 3.12. The minimum absolute atomic E-state index is 0.261. The number of ketones is 1. The first-order chi connectivity index (χ1) is 6.55. The first-order valence-electron chi connectivity index (χ1n) is 5.36. The fourth-order valence-electron chi connectivity index (χ4n) is 1.99. The molecule has 0 aromatic carbocycles. The predicted molar refractivity (Wildman–Crippen MR) is 61.4 cm³/mol. The van der Waals surface area contributed by atoms with Crippen molar-refractivity contribution in [1.29, 1.82) is 0 Å². The van der Waals surface area contributed by atoms with Crippen LogP contribution in [0.3, 0.4) is 0 Å². The molecule has 2 nitrogen and oxygen atoms in total. The predicted octanol–water partition coefficient (Wildman–Crippen LogP) is 2.64. The van der Waals surface area contributed by atoms with Crippen LogP contribution >= 0.6 is 0 Å². The van der Waals surface area contributed by atoms with Crippen molar-refractivity contribution in [3.8, 4) is 0 Å². The molecule has 2 heteroatoms. The molecule has 14 heavy (non-hydrogen) atoms. The van der Waals surface area contributed by atoms with Crippen molar-refractivity contribution in [2.75, 3.05) is 14.1 Å². The van der Waals surface area contributed by atoms with E-state index in [1.54, 1.807) is 0 Å². The van der Waals surface area contributed by atoms with E-state index < -0.39 is 0 Å². The van der Waals surface area contributed by atoms with E-state index in [-0.39, 0.29) is 5.54 Å². The topological polar surface area (TPSA) is 20.3 Å². The molecule has 0 N–H and O–H groups in total. The molecule has 0 heterocycles. The number of allylic oxidation sites excluding steroid dienone is 1. The highest BCUT2D eigenvalue weighted by atomic mass is 16.1. The summed E-state index contributed by atoms with van der Waals surface area (Å²) in [6.07, 6.45) is 4.97. The molecule has 0 aliphatic heterocycles. The minimum atomic E-state index is -0.261. The van der Waals surface area contributed by atoms with Crippen molar-refractivity contribution in [1.82, 2.24) is 4.90 Å². The lowest BCUT2D eigenvalue weighted by molar-refractivity contribution is -0.130. The van der Waals surface area contributed by atoms with Crippen LogP contribution in [0.1, 0.15) is 39.5 Å². The standard InChI is InChI=1S/C12H23NO/c1-6-9-10-11(14)12(7-2,8-3)13(4)5/h6H,1,7-10H2,2-5H3. The van der Waals surface area contributed by atoms with Crippen LogP contribution in [0, 0.1) is 0 Å².